The lowest BCUT2D eigenvalue weighted by Gasteiger charge is -2.14. The predicted molar refractivity (Wildman–Crippen MR) is 76.6 cm³/mol. The molecule has 0 aliphatic heterocycles. The fourth-order valence-electron chi connectivity index (χ4n) is 1.73. The van der Waals surface area contributed by atoms with Crippen molar-refractivity contribution in [1.29, 1.82) is 0 Å². The van der Waals surface area contributed by atoms with Gasteiger partial charge in [0.2, 0.25) is 0 Å². The van der Waals surface area contributed by atoms with Gasteiger partial charge in [0.25, 0.3) is 0 Å². The highest BCUT2D eigenvalue weighted by atomic mass is 16.5. The van der Waals surface area contributed by atoms with Gasteiger partial charge in [-0.2, -0.15) is 0 Å². The zero-order chi connectivity index (χ0) is 14.1. The van der Waals surface area contributed by atoms with Crippen LogP contribution in [-0.2, 0) is 9.47 Å². The molecule has 1 aromatic rings. The van der Waals surface area contributed by atoms with Crippen LogP contribution in [0.2, 0.25) is 0 Å². The second-order valence-electron chi connectivity index (χ2n) is 4.64. The average Bonchev–Trinajstić information content (AvgIpc) is 2.37. The maximum atomic E-state index is 5.93. The lowest BCUT2D eigenvalue weighted by molar-refractivity contribution is 0.0644. The molecule has 0 spiro atoms. The molecule has 4 nitrogen and oxygen atoms in total. The third-order valence-electron chi connectivity index (χ3n) is 2.78. The van der Waals surface area contributed by atoms with Crippen LogP contribution in [0.25, 0.3) is 0 Å². The van der Waals surface area contributed by atoms with Gasteiger partial charge in [-0.3, -0.25) is 0 Å². The number of aryl methyl sites for hydroxylation is 1. The van der Waals surface area contributed by atoms with Gasteiger partial charge in [0.15, 0.2) is 0 Å². The molecule has 0 radical (unpaired) electrons. The molecule has 0 aliphatic rings. The Balaban J connectivity index is 2.34. The number of rotatable bonds is 9. The van der Waals surface area contributed by atoms with Gasteiger partial charge in [0.05, 0.1) is 19.8 Å². The Bertz CT molecular complexity index is 366. The molecule has 0 saturated carbocycles. The van der Waals surface area contributed by atoms with Gasteiger partial charge in [-0.1, -0.05) is 12.1 Å². The van der Waals surface area contributed by atoms with Crippen LogP contribution in [-0.4, -0.2) is 33.5 Å². The van der Waals surface area contributed by atoms with E-state index in [1.165, 1.54) is 5.56 Å². The van der Waals surface area contributed by atoms with Gasteiger partial charge in [0.1, 0.15) is 5.75 Å². The number of hydrogen-bond donors (Lipinski definition) is 1. The Morgan fingerprint density at radius 3 is 2.63 bits per heavy atom. The minimum absolute atomic E-state index is 0.0199. The second-order valence-corrected chi connectivity index (χ2v) is 4.64. The maximum Gasteiger partial charge on any atom is 0.124 e. The minimum atomic E-state index is -0.0199. The standard InChI is InChI=1S/C15H25NO3/c1-12-5-6-14(13(2)16)15(11-12)19-8-4-7-18-10-9-17-3/h5-6,11,13H,4,7-10,16H2,1-3H3. The van der Waals surface area contributed by atoms with E-state index in [9.17, 15) is 0 Å². The summed E-state index contributed by atoms with van der Waals surface area (Å²) in [6.07, 6.45) is 0.857. The first kappa shape index (κ1) is 16.0. The van der Waals surface area contributed by atoms with E-state index in [2.05, 4.69) is 6.07 Å². The number of benzene rings is 1. The van der Waals surface area contributed by atoms with Crippen molar-refractivity contribution in [3.63, 3.8) is 0 Å². The Morgan fingerprint density at radius 2 is 1.95 bits per heavy atom. The van der Waals surface area contributed by atoms with Crippen LogP contribution < -0.4 is 10.5 Å². The minimum Gasteiger partial charge on any atom is -0.493 e. The van der Waals surface area contributed by atoms with Crippen molar-refractivity contribution in [2.24, 2.45) is 5.73 Å². The molecule has 0 heterocycles. The summed E-state index contributed by atoms with van der Waals surface area (Å²) in [6, 6.07) is 6.10. The summed E-state index contributed by atoms with van der Waals surface area (Å²) in [4.78, 5) is 0. The summed E-state index contributed by atoms with van der Waals surface area (Å²) < 4.78 is 16.1. The lowest BCUT2D eigenvalue weighted by Crippen LogP contribution is -2.10. The summed E-state index contributed by atoms with van der Waals surface area (Å²) >= 11 is 0. The molecule has 1 atom stereocenters. The van der Waals surface area contributed by atoms with Gasteiger partial charge in [-0.15, -0.1) is 0 Å². The summed E-state index contributed by atoms with van der Waals surface area (Å²) in [5.41, 5.74) is 8.16. The van der Waals surface area contributed by atoms with E-state index >= 15 is 0 Å². The molecular formula is C15H25NO3. The van der Waals surface area contributed by atoms with Crippen LogP contribution in [0.3, 0.4) is 0 Å². The summed E-state index contributed by atoms with van der Waals surface area (Å²) in [7, 11) is 1.67. The van der Waals surface area contributed by atoms with Crippen molar-refractivity contribution in [1.82, 2.24) is 0 Å². The van der Waals surface area contributed by atoms with E-state index in [1.807, 2.05) is 26.0 Å². The first-order chi connectivity index (χ1) is 9.15. The molecule has 108 valence electrons. The van der Waals surface area contributed by atoms with E-state index in [1.54, 1.807) is 7.11 Å². The molecule has 0 amide bonds. The third-order valence-corrected chi connectivity index (χ3v) is 2.78. The van der Waals surface area contributed by atoms with Crippen molar-refractivity contribution in [2.45, 2.75) is 26.3 Å². The van der Waals surface area contributed by atoms with E-state index in [0.717, 1.165) is 17.7 Å². The fourth-order valence-corrected chi connectivity index (χ4v) is 1.73. The van der Waals surface area contributed by atoms with Crippen molar-refractivity contribution in [3.8, 4) is 5.75 Å². The highest BCUT2D eigenvalue weighted by Crippen LogP contribution is 2.25. The number of ether oxygens (including phenoxy) is 3. The van der Waals surface area contributed by atoms with Gasteiger partial charge >= 0.3 is 0 Å². The predicted octanol–water partition coefficient (Wildman–Crippen LogP) is 2.45. The zero-order valence-electron chi connectivity index (χ0n) is 12.1. The third kappa shape index (κ3) is 6.05. The molecule has 0 bridgehead atoms. The van der Waals surface area contributed by atoms with Crippen molar-refractivity contribution in [3.05, 3.63) is 29.3 Å². The molecule has 0 saturated heterocycles. The van der Waals surface area contributed by atoms with Gasteiger partial charge < -0.3 is 19.9 Å². The van der Waals surface area contributed by atoms with Crippen LogP contribution in [0, 0.1) is 6.92 Å². The summed E-state index contributed by atoms with van der Waals surface area (Å²) in [5, 5.41) is 0. The van der Waals surface area contributed by atoms with Gasteiger partial charge in [-0.25, -0.2) is 0 Å². The van der Waals surface area contributed by atoms with Gasteiger partial charge in [0, 0.05) is 31.7 Å². The van der Waals surface area contributed by atoms with E-state index in [-0.39, 0.29) is 6.04 Å². The maximum absolute atomic E-state index is 5.93. The summed E-state index contributed by atoms with van der Waals surface area (Å²) in [6.45, 7) is 6.59. The van der Waals surface area contributed by atoms with Crippen LogP contribution >= 0.6 is 0 Å². The Kier molecular flexibility index (Phi) is 7.48. The van der Waals surface area contributed by atoms with Crippen molar-refractivity contribution < 1.29 is 14.2 Å². The molecule has 1 unspecified atom stereocenters. The average molecular weight is 267 g/mol. The van der Waals surface area contributed by atoms with E-state index in [4.69, 9.17) is 19.9 Å². The second kappa shape index (κ2) is 8.91. The molecule has 4 heteroatoms. The molecule has 19 heavy (non-hydrogen) atoms. The molecule has 0 fully saturated rings. The molecular weight excluding hydrogens is 242 g/mol. The zero-order valence-corrected chi connectivity index (χ0v) is 12.1. The van der Waals surface area contributed by atoms with Crippen molar-refractivity contribution >= 4 is 0 Å². The van der Waals surface area contributed by atoms with Crippen molar-refractivity contribution in [2.75, 3.05) is 33.5 Å². The molecule has 2 N–H and O–H groups in total. The lowest BCUT2D eigenvalue weighted by atomic mass is 10.1. The smallest absolute Gasteiger partial charge is 0.124 e. The van der Waals surface area contributed by atoms with Crippen LogP contribution in [0.5, 0.6) is 5.75 Å². The Hall–Kier alpha value is -1.10. The molecule has 1 rings (SSSR count). The number of nitrogens with two attached hydrogens (primary N) is 1. The molecule has 0 aromatic heterocycles. The quantitative estimate of drug-likeness (QED) is 0.698. The van der Waals surface area contributed by atoms with E-state index in [0.29, 0.717) is 26.4 Å². The fraction of sp³-hybridized carbons (Fsp3) is 0.600. The number of hydrogen-bond acceptors (Lipinski definition) is 4. The first-order valence-electron chi connectivity index (χ1n) is 6.70. The topological polar surface area (TPSA) is 53.7 Å². The SMILES string of the molecule is COCCOCCCOc1cc(C)ccc1C(C)N. The van der Waals surface area contributed by atoms with E-state index < -0.39 is 0 Å². The van der Waals surface area contributed by atoms with Crippen LogP contribution in [0.4, 0.5) is 0 Å². The number of methoxy groups -OCH3 is 1. The Morgan fingerprint density at radius 1 is 1.16 bits per heavy atom. The molecule has 1 aromatic carbocycles. The normalized spacial score (nSPS) is 12.4. The monoisotopic (exact) mass is 267 g/mol. The highest BCUT2D eigenvalue weighted by molar-refractivity contribution is 5.38. The molecule has 0 aliphatic carbocycles. The highest BCUT2D eigenvalue weighted by Gasteiger charge is 2.08. The van der Waals surface area contributed by atoms with Crippen LogP contribution in [0.1, 0.15) is 30.5 Å². The largest absolute Gasteiger partial charge is 0.493 e. The Labute approximate surface area is 115 Å². The van der Waals surface area contributed by atoms with Gasteiger partial charge in [-0.05, 0) is 25.5 Å². The summed E-state index contributed by atoms with van der Waals surface area (Å²) in [5.74, 6) is 0.881. The van der Waals surface area contributed by atoms with Crippen LogP contribution in [0.15, 0.2) is 18.2 Å². The first-order valence-corrected chi connectivity index (χ1v) is 6.70.